The average Bonchev–Trinajstić information content (AvgIpc) is 2.62. The monoisotopic (exact) mass is 484 g/mol. The molecule has 0 saturated carbocycles. The SMILES string of the molecule is CCC1CN(C(=NC)NCC(CC(C)C)N2CCOCC2)CCS1.I. The van der Waals surface area contributed by atoms with E-state index >= 15 is 0 Å². The van der Waals surface area contributed by atoms with E-state index in [4.69, 9.17) is 4.74 Å². The molecule has 0 radical (unpaired) electrons. The zero-order chi connectivity index (χ0) is 17.4. The number of morpholine rings is 1. The van der Waals surface area contributed by atoms with Gasteiger partial charge in [0, 0.05) is 56.8 Å². The minimum atomic E-state index is 0. The van der Waals surface area contributed by atoms with Crippen molar-refractivity contribution in [2.75, 3.05) is 58.7 Å². The van der Waals surface area contributed by atoms with Crippen LogP contribution in [0.2, 0.25) is 0 Å². The van der Waals surface area contributed by atoms with Crippen LogP contribution in [-0.2, 0) is 4.74 Å². The Bertz CT molecular complexity index is 391. The van der Waals surface area contributed by atoms with Gasteiger partial charge in [-0.15, -0.1) is 24.0 Å². The van der Waals surface area contributed by atoms with Gasteiger partial charge in [-0.1, -0.05) is 20.8 Å². The number of nitrogens with one attached hydrogen (secondary N) is 1. The first-order chi connectivity index (χ1) is 11.6. The second kappa shape index (κ2) is 12.6. The predicted octanol–water partition coefficient (Wildman–Crippen LogP) is 2.75. The lowest BCUT2D eigenvalue weighted by atomic mass is 10.0. The first-order valence-electron chi connectivity index (χ1n) is 9.53. The lowest BCUT2D eigenvalue weighted by Gasteiger charge is -2.38. The van der Waals surface area contributed by atoms with Crippen molar-refractivity contribution in [3.8, 4) is 0 Å². The first kappa shape index (κ1) is 23.3. The molecular formula is C18H37IN4OS. The topological polar surface area (TPSA) is 40.1 Å². The maximum absolute atomic E-state index is 5.52. The van der Waals surface area contributed by atoms with E-state index in [1.165, 1.54) is 18.6 Å². The highest BCUT2D eigenvalue weighted by molar-refractivity contribution is 14.0. The Balaban J connectivity index is 0.00000312. The van der Waals surface area contributed by atoms with E-state index in [-0.39, 0.29) is 24.0 Å². The number of nitrogens with zero attached hydrogens (tertiary/aromatic N) is 3. The molecule has 0 spiro atoms. The Morgan fingerprint density at radius 2 is 2.00 bits per heavy atom. The van der Waals surface area contributed by atoms with Gasteiger partial charge in [0.1, 0.15) is 0 Å². The van der Waals surface area contributed by atoms with Gasteiger partial charge in [0.2, 0.25) is 0 Å². The molecule has 0 aromatic heterocycles. The molecule has 2 atom stereocenters. The zero-order valence-corrected chi connectivity index (χ0v) is 19.5. The van der Waals surface area contributed by atoms with Gasteiger partial charge >= 0.3 is 0 Å². The maximum atomic E-state index is 5.52. The summed E-state index contributed by atoms with van der Waals surface area (Å²) in [7, 11) is 1.91. The Morgan fingerprint density at radius 1 is 1.28 bits per heavy atom. The Morgan fingerprint density at radius 3 is 2.60 bits per heavy atom. The number of thioether (sulfide) groups is 1. The number of rotatable bonds is 6. The third-order valence-electron chi connectivity index (χ3n) is 4.91. The molecule has 25 heavy (non-hydrogen) atoms. The molecule has 0 aliphatic carbocycles. The number of aliphatic imine (C=N–C) groups is 1. The molecule has 2 unspecified atom stereocenters. The minimum absolute atomic E-state index is 0. The first-order valence-corrected chi connectivity index (χ1v) is 10.6. The second-order valence-electron chi connectivity index (χ2n) is 7.21. The Kier molecular flexibility index (Phi) is 11.8. The summed E-state index contributed by atoms with van der Waals surface area (Å²) in [6.07, 6.45) is 2.46. The summed E-state index contributed by atoms with van der Waals surface area (Å²) in [5.74, 6) is 2.99. The molecule has 0 aromatic carbocycles. The summed E-state index contributed by atoms with van der Waals surface area (Å²) < 4.78 is 5.52. The van der Waals surface area contributed by atoms with E-state index < -0.39 is 0 Å². The van der Waals surface area contributed by atoms with Gasteiger partial charge in [0.05, 0.1) is 13.2 Å². The fourth-order valence-electron chi connectivity index (χ4n) is 3.55. The molecule has 2 saturated heterocycles. The van der Waals surface area contributed by atoms with E-state index in [0.29, 0.717) is 12.0 Å². The fraction of sp³-hybridized carbons (Fsp3) is 0.944. The summed E-state index contributed by atoms with van der Waals surface area (Å²) in [5, 5.41) is 4.41. The van der Waals surface area contributed by atoms with Crippen LogP contribution in [0.15, 0.2) is 4.99 Å². The molecule has 2 rings (SSSR count). The highest BCUT2D eigenvalue weighted by Crippen LogP contribution is 2.21. The summed E-state index contributed by atoms with van der Waals surface area (Å²) in [4.78, 5) is 9.58. The van der Waals surface area contributed by atoms with E-state index in [1.54, 1.807) is 0 Å². The molecule has 2 heterocycles. The summed E-state index contributed by atoms with van der Waals surface area (Å²) in [6.45, 7) is 14.0. The second-order valence-corrected chi connectivity index (χ2v) is 8.62. The lowest BCUT2D eigenvalue weighted by molar-refractivity contribution is 0.0131. The van der Waals surface area contributed by atoms with Crippen LogP contribution in [0.4, 0.5) is 0 Å². The van der Waals surface area contributed by atoms with Crippen molar-refractivity contribution < 1.29 is 4.74 Å². The third-order valence-corrected chi connectivity index (χ3v) is 6.28. The molecule has 0 amide bonds. The van der Waals surface area contributed by atoms with Crippen LogP contribution in [-0.4, -0.2) is 85.8 Å². The van der Waals surface area contributed by atoms with Crippen molar-refractivity contribution >= 4 is 41.7 Å². The van der Waals surface area contributed by atoms with Crippen molar-refractivity contribution in [1.82, 2.24) is 15.1 Å². The standard InChI is InChI=1S/C18H36N4OS.HI/c1-5-17-14-22(8-11-24-17)18(19-4)20-13-16(12-15(2)3)21-6-9-23-10-7-21;/h15-17H,5-14H2,1-4H3,(H,19,20);1H. The van der Waals surface area contributed by atoms with Crippen LogP contribution in [0.1, 0.15) is 33.6 Å². The van der Waals surface area contributed by atoms with Crippen LogP contribution >= 0.6 is 35.7 Å². The summed E-state index contributed by atoms with van der Waals surface area (Å²) in [5.41, 5.74) is 0. The Hall–Kier alpha value is 0.270. The molecule has 2 aliphatic rings. The predicted molar refractivity (Wildman–Crippen MR) is 121 cm³/mol. The number of ether oxygens (including phenoxy) is 1. The van der Waals surface area contributed by atoms with Gasteiger partial charge in [-0.3, -0.25) is 9.89 Å². The molecule has 2 aliphatic heterocycles. The highest BCUT2D eigenvalue weighted by Gasteiger charge is 2.25. The van der Waals surface area contributed by atoms with Crippen LogP contribution in [0, 0.1) is 5.92 Å². The normalized spacial score (nSPS) is 24.1. The average molecular weight is 484 g/mol. The van der Waals surface area contributed by atoms with Gasteiger partial charge in [-0.2, -0.15) is 11.8 Å². The summed E-state index contributed by atoms with van der Waals surface area (Å²) in [6, 6.07) is 0.562. The van der Waals surface area contributed by atoms with E-state index in [0.717, 1.165) is 57.1 Å². The van der Waals surface area contributed by atoms with E-state index in [1.807, 2.05) is 7.05 Å². The van der Waals surface area contributed by atoms with Gasteiger partial charge in [0.15, 0.2) is 5.96 Å². The van der Waals surface area contributed by atoms with Crippen LogP contribution in [0.5, 0.6) is 0 Å². The molecule has 1 N–H and O–H groups in total. The van der Waals surface area contributed by atoms with Crippen LogP contribution in [0.3, 0.4) is 0 Å². The fourth-order valence-corrected chi connectivity index (χ4v) is 4.73. The van der Waals surface area contributed by atoms with Crippen LogP contribution in [0.25, 0.3) is 0 Å². The third kappa shape index (κ3) is 7.81. The van der Waals surface area contributed by atoms with Crippen molar-refractivity contribution in [3.05, 3.63) is 0 Å². The molecular weight excluding hydrogens is 447 g/mol. The van der Waals surface area contributed by atoms with Gasteiger partial charge in [-0.05, 0) is 18.8 Å². The van der Waals surface area contributed by atoms with E-state index in [9.17, 15) is 0 Å². The van der Waals surface area contributed by atoms with Crippen molar-refractivity contribution in [1.29, 1.82) is 0 Å². The molecule has 0 aromatic rings. The van der Waals surface area contributed by atoms with Gasteiger partial charge in [-0.25, -0.2) is 0 Å². The minimum Gasteiger partial charge on any atom is -0.379 e. The molecule has 0 bridgehead atoms. The highest BCUT2D eigenvalue weighted by atomic mass is 127. The van der Waals surface area contributed by atoms with Crippen LogP contribution < -0.4 is 5.32 Å². The number of hydrogen-bond donors (Lipinski definition) is 1. The summed E-state index contributed by atoms with van der Waals surface area (Å²) >= 11 is 2.10. The molecule has 7 heteroatoms. The van der Waals surface area contributed by atoms with Gasteiger partial charge < -0.3 is 15.0 Å². The van der Waals surface area contributed by atoms with Gasteiger partial charge in [0.25, 0.3) is 0 Å². The number of halogens is 1. The number of guanidine groups is 1. The maximum Gasteiger partial charge on any atom is 0.193 e. The number of hydrogen-bond acceptors (Lipinski definition) is 4. The Labute approximate surface area is 175 Å². The molecule has 2 fully saturated rings. The largest absolute Gasteiger partial charge is 0.379 e. The zero-order valence-electron chi connectivity index (χ0n) is 16.4. The smallest absolute Gasteiger partial charge is 0.193 e. The van der Waals surface area contributed by atoms with Crippen molar-refractivity contribution in [2.45, 2.75) is 44.9 Å². The molecule has 148 valence electrons. The quantitative estimate of drug-likeness (QED) is 0.357. The lowest BCUT2D eigenvalue weighted by Crippen LogP contribution is -2.53. The van der Waals surface area contributed by atoms with E-state index in [2.05, 4.69) is 52.6 Å². The molecule has 5 nitrogen and oxygen atoms in total. The van der Waals surface area contributed by atoms with Crippen molar-refractivity contribution in [3.63, 3.8) is 0 Å². The van der Waals surface area contributed by atoms with Crippen molar-refractivity contribution in [2.24, 2.45) is 10.9 Å².